The Morgan fingerprint density at radius 3 is 3.00 bits per heavy atom. The second kappa shape index (κ2) is 4.91. The molecule has 0 fully saturated rings. The second-order valence-electron chi connectivity index (χ2n) is 4.40. The minimum atomic E-state index is -0.405. The van der Waals surface area contributed by atoms with E-state index in [2.05, 4.69) is 10.3 Å². The average Bonchev–Trinajstić information content (AvgIpc) is 2.74. The molecule has 0 aliphatic heterocycles. The molecule has 0 saturated carbocycles. The Hall–Kier alpha value is -1.67. The van der Waals surface area contributed by atoms with E-state index in [4.69, 9.17) is 0 Å². The lowest BCUT2D eigenvalue weighted by atomic mass is 10.3. The predicted molar refractivity (Wildman–Crippen MR) is 71.4 cm³/mol. The number of nitrogens with zero attached hydrogens (tertiary/aromatic N) is 4. The van der Waals surface area contributed by atoms with Gasteiger partial charge in [0.1, 0.15) is 6.20 Å². The summed E-state index contributed by atoms with van der Waals surface area (Å²) in [6, 6.07) is 0.0864. The first kappa shape index (κ1) is 12.8. The molecule has 0 bridgehead atoms. The maximum absolute atomic E-state index is 11.1. The van der Waals surface area contributed by atoms with Crippen molar-refractivity contribution >= 4 is 27.9 Å². The summed E-state index contributed by atoms with van der Waals surface area (Å²) in [5, 5.41) is 16.0. The van der Waals surface area contributed by atoms with Crippen LogP contribution in [0.25, 0.3) is 4.96 Å². The van der Waals surface area contributed by atoms with Crippen LogP contribution in [0.4, 0.5) is 11.6 Å². The number of anilines is 1. The fourth-order valence-corrected chi connectivity index (χ4v) is 2.58. The van der Waals surface area contributed by atoms with Gasteiger partial charge < -0.3 is 20.3 Å². The molecule has 18 heavy (non-hydrogen) atoms. The largest absolute Gasteiger partial charge is 0.372 e. The molecule has 0 saturated heterocycles. The molecular weight excluding hydrogens is 254 g/mol. The Kier molecular flexibility index (Phi) is 3.48. The van der Waals surface area contributed by atoms with Crippen LogP contribution in [0.1, 0.15) is 6.92 Å². The summed E-state index contributed by atoms with van der Waals surface area (Å²) < 4.78 is 1.50. The molecule has 0 radical (unpaired) electrons. The predicted octanol–water partition coefficient (Wildman–Crippen LogP) is 1.67. The van der Waals surface area contributed by atoms with Crippen molar-refractivity contribution < 1.29 is 4.92 Å². The van der Waals surface area contributed by atoms with E-state index < -0.39 is 4.92 Å². The van der Waals surface area contributed by atoms with E-state index in [-0.39, 0.29) is 11.9 Å². The molecule has 2 aromatic heterocycles. The van der Waals surface area contributed by atoms with Gasteiger partial charge in [0.25, 0.3) is 4.96 Å². The van der Waals surface area contributed by atoms with Crippen LogP contribution < -0.4 is 5.32 Å². The monoisotopic (exact) mass is 269 g/mol. The lowest BCUT2D eigenvalue weighted by Crippen LogP contribution is -2.30. The zero-order chi connectivity index (χ0) is 13.3. The first-order valence-corrected chi connectivity index (χ1v) is 6.38. The van der Waals surface area contributed by atoms with E-state index in [1.807, 2.05) is 25.9 Å². The number of likely N-dealkylation sites (N-methyl/N-ethyl adjacent to an activating group) is 1. The highest BCUT2D eigenvalue weighted by Gasteiger charge is 2.24. The summed E-state index contributed by atoms with van der Waals surface area (Å²) >= 11 is 1.38. The topological polar surface area (TPSA) is 75.7 Å². The lowest BCUT2D eigenvalue weighted by molar-refractivity contribution is -0.389. The van der Waals surface area contributed by atoms with Crippen LogP contribution in [0.2, 0.25) is 0 Å². The van der Waals surface area contributed by atoms with Crippen molar-refractivity contribution in [2.75, 3.05) is 26.0 Å². The fourth-order valence-electron chi connectivity index (χ4n) is 1.87. The van der Waals surface area contributed by atoms with Gasteiger partial charge in [-0.3, -0.25) is 0 Å². The molecule has 2 heterocycles. The Labute approximate surface area is 108 Å². The van der Waals surface area contributed by atoms with Gasteiger partial charge in [0.2, 0.25) is 5.82 Å². The summed E-state index contributed by atoms with van der Waals surface area (Å²) in [6.07, 6.45) is 1.66. The maximum Gasteiger partial charge on any atom is 0.372 e. The summed E-state index contributed by atoms with van der Waals surface area (Å²) in [6.45, 7) is 2.75. The molecule has 0 aliphatic rings. The molecule has 0 aromatic carbocycles. The van der Waals surface area contributed by atoms with Crippen LogP contribution in [0.15, 0.2) is 11.6 Å². The Balaban J connectivity index is 2.29. The van der Waals surface area contributed by atoms with Crippen molar-refractivity contribution in [2.24, 2.45) is 0 Å². The molecule has 98 valence electrons. The summed E-state index contributed by atoms with van der Waals surface area (Å²) in [5.74, 6) is 0.332. The average molecular weight is 269 g/mol. The molecule has 1 unspecified atom stereocenters. The minimum Gasteiger partial charge on any atom is -0.359 e. The summed E-state index contributed by atoms with van der Waals surface area (Å²) in [5.41, 5.74) is 0. The molecule has 1 atom stereocenters. The van der Waals surface area contributed by atoms with Gasteiger partial charge in [-0.15, -0.1) is 0 Å². The smallest absolute Gasteiger partial charge is 0.359 e. The molecule has 0 spiro atoms. The second-order valence-corrected chi connectivity index (χ2v) is 5.28. The highest BCUT2D eigenvalue weighted by atomic mass is 32.1. The van der Waals surface area contributed by atoms with Gasteiger partial charge >= 0.3 is 5.82 Å². The molecular formula is C10H15N5O2S. The zero-order valence-electron chi connectivity index (χ0n) is 10.5. The van der Waals surface area contributed by atoms with E-state index in [9.17, 15) is 10.1 Å². The molecule has 2 aromatic rings. The Morgan fingerprint density at radius 1 is 1.67 bits per heavy atom. The van der Waals surface area contributed by atoms with Crippen LogP contribution in [-0.4, -0.2) is 45.9 Å². The molecule has 0 aliphatic carbocycles. The van der Waals surface area contributed by atoms with Crippen molar-refractivity contribution in [1.29, 1.82) is 0 Å². The van der Waals surface area contributed by atoms with E-state index in [1.165, 1.54) is 15.7 Å². The van der Waals surface area contributed by atoms with Gasteiger partial charge in [-0.1, -0.05) is 11.3 Å². The first-order valence-electron chi connectivity index (χ1n) is 5.50. The SMILES string of the molecule is CC(CN(C)C)Nc1nc2sccn2c1[N+](=O)[O-]. The highest BCUT2D eigenvalue weighted by molar-refractivity contribution is 7.15. The van der Waals surface area contributed by atoms with Crippen LogP contribution in [0.3, 0.4) is 0 Å². The van der Waals surface area contributed by atoms with Crippen LogP contribution in [0, 0.1) is 10.1 Å². The zero-order valence-corrected chi connectivity index (χ0v) is 11.3. The number of rotatable bonds is 5. The number of nitrogens with one attached hydrogen (secondary N) is 1. The number of hydrogen-bond acceptors (Lipinski definition) is 6. The van der Waals surface area contributed by atoms with Gasteiger partial charge in [-0.05, 0) is 25.9 Å². The first-order chi connectivity index (χ1) is 8.49. The van der Waals surface area contributed by atoms with Crippen molar-refractivity contribution in [1.82, 2.24) is 14.3 Å². The van der Waals surface area contributed by atoms with Crippen molar-refractivity contribution in [2.45, 2.75) is 13.0 Å². The molecule has 0 amide bonds. The van der Waals surface area contributed by atoms with Crippen molar-refractivity contribution in [3.63, 3.8) is 0 Å². The third-order valence-corrected chi connectivity index (χ3v) is 3.19. The molecule has 1 N–H and O–H groups in total. The number of fused-ring (bicyclic) bond motifs is 1. The number of aromatic nitrogens is 2. The van der Waals surface area contributed by atoms with E-state index in [0.717, 1.165) is 6.54 Å². The van der Waals surface area contributed by atoms with Gasteiger partial charge in [-0.2, -0.15) is 9.38 Å². The quantitative estimate of drug-likeness (QED) is 0.660. The lowest BCUT2D eigenvalue weighted by Gasteiger charge is -2.17. The van der Waals surface area contributed by atoms with E-state index in [1.54, 1.807) is 11.6 Å². The number of imidazole rings is 1. The maximum atomic E-state index is 11.1. The standard InChI is InChI=1S/C10H15N5O2S/c1-7(6-13(2)3)11-8-9(15(16)17)14-4-5-18-10(14)12-8/h4-5,7,11H,6H2,1-3H3. The van der Waals surface area contributed by atoms with Crippen LogP contribution >= 0.6 is 11.3 Å². The highest BCUT2D eigenvalue weighted by Crippen LogP contribution is 2.28. The fraction of sp³-hybridized carbons (Fsp3) is 0.500. The molecule has 7 nitrogen and oxygen atoms in total. The Bertz CT molecular complexity index is 562. The van der Waals surface area contributed by atoms with Crippen molar-refractivity contribution in [3.8, 4) is 0 Å². The summed E-state index contributed by atoms with van der Waals surface area (Å²) in [7, 11) is 3.91. The minimum absolute atomic E-state index is 0.00291. The van der Waals surface area contributed by atoms with Gasteiger partial charge in [0.05, 0.1) is 0 Å². The van der Waals surface area contributed by atoms with Gasteiger partial charge in [-0.25, -0.2) is 0 Å². The number of nitro groups is 1. The molecule has 2 rings (SSSR count). The Morgan fingerprint density at radius 2 is 2.39 bits per heavy atom. The van der Waals surface area contributed by atoms with E-state index in [0.29, 0.717) is 10.8 Å². The number of thiazole rings is 1. The van der Waals surface area contributed by atoms with Gasteiger partial charge in [0.15, 0.2) is 0 Å². The third kappa shape index (κ3) is 2.44. The summed E-state index contributed by atoms with van der Waals surface area (Å²) in [4.78, 5) is 17.6. The molecule has 8 heteroatoms. The number of hydrogen-bond donors (Lipinski definition) is 1. The van der Waals surface area contributed by atoms with Gasteiger partial charge in [0, 0.05) is 18.0 Å². The van der Waals surface area contributed by atoms with Crippen molar-refractivity contribution in [3.05, 3.63) is 21.7 Å². The van der Waals surface area contributed by atoms with E-state index >= 15 is 0 Å². The van der Waals surface area contributed by atoms with Crippen LogP contribution in [-0.2, 0) is 0 Å². The van der Waals surface area contributed by atoms with Crippen LogP contribution in [0.5, 0.6) is 0 Å². The third-order valence-electron chi connectivity index (χ3n) is 2.43. The normalized spacial score (nSPS) is 13.1.